The molecule has 0 bridgehead atoms. The molecule has 5 heteroatoms. The lowest BCUT2D eigenvalue weighted by atomic mass is 9.93. The molecule has 0 saturated carbocycles. The SMILES string of the molecule is CC(C)(C)[Si](C)(C)OC1COC(c2csc(C=O)c2)c2ccccc21. The monoisotopic (exact) mass is 374 g/mol. The molecule has 0 saturated heterocycles. The van der Waals surface area contributed by atoms with E-state index >= 15 is 0 Å². The number of ether oxygens (including phenoxy) is 1. The van der Waals surface area contributed by atoms with Crippen molar-refractivity contribution in [2.45, 2.75) is 51.1 Å². The van der Waals surface area contributed by atoms with Crippen molar-refractivity contribution in [3.63, 3.8) is 0 Å². The van der Waals surface area contributed by atoms with E-state index in [2.05, 4.69) is 52.1 Å². The van der Waals surface area contributed by atoms with Gasteiger partial charge in [0, 0.05) is 0 Å². The Hall–Kier alpha value is -1.27. The summed E-state index contributed by atoms with van der Waals surface area (Å²) in [5.74, 6) is 0. The number of carbonyl (C=O) groups is 1. The summed E-state index contributed by atoms with van der Waals surface area (Å²) in [7, 11) is -1.89. The fourth-order valence-electron chi connectivity index (χ4n) is 2.88. The molecule has 0 spiro atoms. The maximum absolute atomic E-state index is 11.0. The van der Waals surface area contributed by atoms with Crippen LogP contribution in [0.5, 0.6) is 0 Å². The number of thiophene rings is 1. The second-order valence-corrected chi connectivity index (χ2v) is 13.8. The highest BCUT2D eigenvalue weighted by Crippen LogP contribution is 2.44. The third-order valence-electron chi connectivity index (χ3n) is 5.34. The van der Waals surface area contributed by atoms with Crippen LogP contribution in [0.2, 0.25) is 18.1 Å². The first-order valence-electron chi connectivity index (χ1n) is 8.65. The van der Waals surface area contributed by atoms with Crippen LogP contribution in [0, 0.1) is 0 Å². The minimum Gasteiger partial charge on any atom is -0.408 e. The predicted molar refractivity (Wildman–Crippen MR) is 105 cm³/mol. The van der Waals surface area contributed by atoms with E-state index in [0.29, 0.717) is 6.61 Å². The molecule has 1 aromatic carbocycles. The second-order valence-electron chi connectivity index (χ2n) is 8.11. The van der Waals surface area contributed by atoms with Crippen LogP contribution in [-0.2, 0) is 9.16 Å². The van der Waals surface area contributed by atoms with E-state index in [0.717, 1.165) is 22.3 Å². The summed E-state index contributed by atoms with van der Waals surface area (Å²) in [6.45, 7) is 11.9. The predicted octanol–water partition coefficient (Wildman–Crippen LogP) is 5.74. The highest BCUT2D eigenvalue weighted by Gasteiger charge is 2.41. The van der Waals surface area contributed by atoms with E-state index in [-0.39, 0.29) is 17.2 Å². The van der Waals surface area contributed by atoms with Gasteiger partial charge in [-0.15, -0.1) is 11.3 Å². The fourth-order valence-corrected chi connectivity index (χ4v) is 4.86. The van der Waals surface area contributed by atoms with Gasteiger partial charge < -0.3 is 9.16 Å². The van der Waals surface area contributed by atoms with Gasteiger partial charge in [-0.3, -0.25) is 4.79 Å². The van der Waals surface area contributed by atoms with Crippen molar-refractivity contribution in [1.29, 1.82) is 0 Å². The molecule has 0 radical (unpaired) electrons. The summed E-state index contributed by atoms with van der Waals surface area (Å²) in [4.78, 5) is 11.7. The van der Waals surface area contributed by atoms with Gasteiger partial charge in [-0.1, -0.05) is 45.0 Å². The fraction of sp³-hybridized carbons (Fsp3) is 0.450. The highest BCUT2D eigenvalue weighted by atomic mass is 32.1. The normalized spacial score (nSPS) is 21.0. The topological polar surface area (TPSA) is 35.5 Å². The first kappa shape index (κ1) is 18.5. The standard InChI is InChI=1S/C20H26O3SSi/c1-20(2,3)25(4,5)23-18-12-22-19(14-10-15(11-21)24-13-14)17-9-7-6-8-16(17)18/h6-11,13,18-19H,12H2,1-5H3. The number of carbonyl (C=O) groups excluding carboxylic acids is 1. The first-order chi connectivity index (χ1) is 11.7. The van der Waals surface area contributed by atoms with Gasteiger partial charge >= 0.3 is 0 Å². The van der Waals surface area contributed by atoms with Gasteiger partial charge in [0.15, 0.2) is 14.6 Å². The molecule has 2 unspecified atom stereocenters. The molecule has 1 aliphatic rings. The van der Waals surface area contributed by atoms with Crippen molar-refractivity contribution < 1.29 is 14.0 Å². The third kappa shape index (κ3) is 3.65. The molecule has 25 heavy (non-hydrogen) atoms. The van der Waals surface area contributed by atoms with Gasteiger partial charge in [-0.25, -0.2) is 0 Å². The summed E-state index contributed by atoms with van der Waals surface area (Å²) in [5, 5.41) is 2.17. The minimum atomic E-state index is -1.89. The van der Waals surface area contributed by atoms with E-state index in [9.17, 15) is 4.79 Å². The Labute approximate surface area is 155 Å². The quantitative estimate of drug-likeness (QED) is 0.505. The van der Waals surface area contributed by atoms with E-state index < -0.39 is 8.32 Å². The Morgan fingerprint density at radius 3 is 2.52 bits per heavy atom. The number of rotatable bonds is 4. The molecule has 2 atom stereocenters. The molecule has 2 aromatic rings. The van der Waals surface area contributed by atoms with Crippen LogP contribution in [0.15, 0.2) is 35.7 Å². The van der Waals surface area contributed by atoms with Crippen LogP contribution in [0.25, 0.3) is 0 Å². The Bertz CT molecular complexity index is 760. The zero-order valence-corrected chi connectivity index (χ0v) is 17.4. The van der Waals surface area contributed by atoms with Crippen molar-refractivity contribution in [2.24, 2.45) is 0 Å². The maximum Gasteiger partial charge on any atom is 0.193 e. The average Bonchev–Trinajstić information content (AvgIpc) is 3.03. The molecule has 0 fully saturated rings. The zero-order chi connectivity index (χ0) is 18.2. The molecular formula is C20H26O3SSi. The number of hydrogen-bond donors (Lipinski definition) is 0. The van der Waals surface area contributed by atoms with Crippen molar-refractivity contribution in [3.8, 4) is 0 Å². The summed E-state index contributed by atoms with van der Waals surface area (Å²) >= 11 is 1.46. The maximum atomic E-state index is 11.0. The first-order valence-corrected chi connectivity index (χ1v) is 12.4. The Balaban J connectivity index is 1.92. The zero-order valence-electron chi connectivity index (χ0n) is 15.5. The summed E-state index contributed by atoms with van der Waals surface area (Å²) in [6.07, 6.45) is 0.740. The molecule has 134 valence electrons. The number of aldehydes is 1. The molecular weight excluding hydrogens is 348 g/mol. The third-order valence-corrected chi connectivity index (χ3v) is 10.7. The summed E-state index contributed by atoms with van der Waals surface area (Å²) < 4.78 is 12.8. The summed E-state index contributed by atoms with van der Waals surface area (Å²) in [5.41, 5.74) is 3.40. The molecule has 1 aliphatic heterocycles. The van der Waals surface area contributed by atoms with Crippen molar-refractivity contribution in [1.82, 2.24) is 0 Å². The lowest BCUT2D eigenvalue weighted by Gasteiger charge is -2.41. The van der Waals surface area contributed by atoms with E-state index in [1.807, 2.05) is 17.5 Å². The van der Waals surface area contributed by atoms with Crippen LogP contribution in [0.1, 0.15) is 59.3 Å². The van der Waals surface area contributed by atoms with Crippen LogP contribution in [-0.4, -0.2) is 21.2 Å². The largest absolute Gasteiger partial charge is 0.408 e. The molecule has 3 rings (SSSR count). The number of hydrogen-bond acceptors (Lipinski definition) is 4. The number of fused-ring (bicyclic) bond motifs is 1. The Kier molecular flexibility index (Phi) is 5.03. The van der Waals surface area contributed by atoms with Crippen LogP contribution >= 0.6 is 11.3 Å². The highest BCUT2D eigenvalue weighted by molar-refractivity contribution is 7.11. The molecule has 0 aliphatic carbocycles. The van der Waals surface area contributed by atoms with E-state index in [1.165, 1.54) is 16.9 Å². The average molecular weight is 375 g/mol. The van der Waals surface area contributed by atoms with Crippen LogP contribution in [0.4, 0.5) is 0 Å². The van der Waals surface area contributed by atoms with Gasteiger partial charge in [-0.05, 0) is 46.3 Å². The van der Waals surface area contributed by atoms with Crippen LogP contribution < -0.4 is 0 Å². The number of benzene rings is 1. The second kappa shape index (κ2) is 6.80. The van der Waals surface area contributed by atoms with Gasteiger partial charge in [0.05, 0.1) is 17.6 Å². The van der Waals surface area contributed by atoms with Crippen molar-refractivity contribution in [2.75, 3.05) is 6.61 Å². The van der Waals surface area contributed by atoms with Gasteiger partial charge in [0.25, 0.3) is 0 Å². The molecule has 0 amide bonds. The van der Waals surface area contributed by atoms with Crippen LogP contribution in [0.3, 0.4) is 0 Å². The van der Waals surface area contributed by atoms with E-state index in [4.69, 9.17) is 9.16 Å². The van der Waals surface area contributed by atoms with Gasteiger partial charge in [-0.2, -0.15) is 0 Å². The van der Waals surface area contributed by atoms with Gasteiger partial charge in [0.2, 0.25) is 0 Å². The smallest absolute Gasteiger partial charge is 0.193 e. The Morgan fingerprint density at radius 2 is 1.92 bits per heavy atom. The Morgan fingerprint density at radius 1 is 1.24 bits per heavy atom. The van der Waals surface area contributed by atoms with Gasteiger partial charge in [0.1, 0.15) is 6.10 Å². The van der Waals surface area contributed by atoms with E-state index in [1.54, 1.807) is 0 Å². The lowest BCUT2D eigenvalue weighted by molar-refractivity contribution is -0.00789. The van der Waals surface area contributed by atoms with Crippen molar-refractivity contribution >= 4 is 25.9 Å². The van der Waals surface area contributed by atoms with Crippen molar-refractivity contribution in [3.05, 3.63) is 57.3 Å². The minimum absolute atomic E-state index is 0.0301. The molecule has 2 heterocycles. The lowest BCUT2D eigenvalue weighted by Crippen LogP contribution is -2.43. The molecule has 3 nitrogen and oxygen atoms in total. The molecule has 1 aromatic heterocycles. The summed E-state index contributed by atoms with van der Waals surface area (Å²) in [6, 6.07) is 10.3. The molecule has 0 N–H and O–H groups in total.